The molecule has 1 aliphatic heterocycles. The van der Waals surface area contributed by atoms with Crippen molar-refractivity contribution in [1.29, 1.82) is 0 Å². The molecule has 0 spiro atoms. The molecule has 0 fully saturated rings. The lowest BCUT2D eigenvalue weighted by atomic mass is 9.85. The number of benzene rings is 9. The van der Waals surface area contributed by atoms with Crippen LogP contribution < -0.4 is 4.90 Å². The number of aromatic nitrogens is 3. The maximum absolute atomic E-state index is 5.04. The Kier molecular flexibility index (Phi) is 7.78. The first-order valence-electron chi connectivity index (χ1n) is 19.3. The first-order valence-corrected chi connectivity index (χ1v) is 19.3. The van der Waals surface area contributed by atoms with E-state index in [9.17, 15) is 0 Å². The summed E-state index contributed by atoms with van der Waals surface area (Å²) in [4.78, 5) is 17.4. The molecule has 57 heavy (non-hydrogen) atoms. The Bertz CT molecular complexity index is 3030. The highest BCUT2D eigenvalue weighted by atomic mass is 15.1. The van der Waals surface area contributed by atoms with Crippen LogP contribution in [0.4, 0.5) is 17.1 Å². The highest BCUT2D eigenvalue weighted by molar-refractivity contribution is 6.16. The minimum Gasteiger partial charge on any atom is -0.309 e. The van der Waals surface area contributed by atoms with E-state index in [0.717, 1.165) is 44.9 Å². The average molecular weight is 727 g/mol. The molecule has 0 N–H and O–H groups in total. The van der Waals surface area contributed by atoms with Crippen molar-refractivity contribution in [3.63, 3.8) is 0 Å². The largest absolute Gasteiger partial charge is 0.309 e. The van der Waals surface area contributed by atoms with Gasteiger partial charge in [0.05, 0.1) is 11.4 Å². The van der Waals surface area contributed by atoms with Crippen LogP contribution in [0.5, 0.6) is 0 Å². The van der Waals surface area contributed by atoms with Crippen molar-refractivity contribution in [2.75, 3.05) is 4.90 Å². The molecule has 266 valence electrons. The number of rotatable bonds is 5. The topological polar surface area (TPSA) is 41.9 Å². The van der Waals surface area contributed by atoms with Crippen molar-refractivity contribution < 1.29 is 0 Å². The van der Waals surface area contributed by atoms with Crippen molar-refractivity contribution in [2.45, 2.75) is 0 Å². The second kappa shape index (κ2) is 13.6. The Morgan fingerprint density at radius 3 is 1.47 bits per heavy atom. The number of anilines is 3. The lowest BCUT2D eigenvalue weighted by Gasteiger charge is -2.32. The SMILES string of the molecule is c1ccc(-c2nc(-c3ccccc3)nc(-c3cccc(-c4ccc5c6c(cccc46)-c4ccccc4N(c4ccc6ccccc6c4)c4ccccc4-5)c3)n2)cc1. The Balaban J connectivity index is 1.10. The normalized spacial score (nSPS) is 11.8. The van der Waals surface area contributed by atoms with Crippen LogP contribution in [0.3, 0.4) is 0 Å². The Labute approximate surface area is 331 Å². The predicted molar refractivity (Wildman–Crippen MR) is 236 cm³/mol. The quantitative estimate of drug-likeness (QED) is 0.177. The molecule has 2 heterocycles. The van der Waals surface area contributed by atoms with E-state index in [4.69, 9.17) is 15.0 Å². The highest BCUT2D eigenvalue weighted by Gasteiger charge is 2.26. The van der Waals surface area contributed by atoms with Gasteiger partial charge in [-0.15, -0.1) is 0 Å². The summed E-state index contributed by atoms with van der Waals surface area (Å²) in [6, 6.07) is 73.2. The van der Waals surface area contributed by atoms with Crippen LogP contribution >= 0.6 is 0 Å². The van der Waals surface area contributed by atoms with Gasteiger partial charge in [-0.05, 0) is 74.1 Å². The molecule has 0 bridgehead atoms. The van der Waals surface area contributed by atoms with Crippen LogP contribution in [0, 0.1) is 0 Å². The van der Waals surface area contributed by atoms with Crippen LogP contribution in [0.2, 0.25) is 0 Å². The molecule has 4 heteroatoms. The number of hydrogen-bond acceptors (Lipinski definition) is 4. The summed E-state index contributed by atoms with van der Waals surface area (Å²) in [6.45, 7) is 0. The van der Waals surface area contributed by atoms with Gasteiger partial charge in [-0.25, -0.2) is 15.0 Å². The number of hydrogen-bond donors (Lipinski definition) is 0. The molecule has 0 amide bonds. The van der Waals surface area contributed by atoms with Gasteiger partial charge in [-0.3, -0.25) is 0 Å². The predicted octanol–water partition coefficient (Wildman–Crippen LogP) is 14.0. The fourth-order valence-electron chi connectivity index (χ4n) is 8.39. The highest BCUT2D eigenvalue weighted by Crippen LogP contribution is 2.52. The molecule has 0 aliphatic carbocycles. The minimum atomic E-state index is 0.636. The van der Waals surface area contributed by atoms with Gasteiger partial charge in [0.25, 0.3) is 0 Å². The second-order valence-electron chi connectivity index (χ2n) is 14.4. The van der Waals surface area contributed by atoms with Gasteiger partial charge < -0.3 is 4.90 Å². The molecule has 11 rings (SSSR count). The standard InChI is InChI=1S/C53H34N4/c1-3-16-36(17-4-1)51-54-52(37-18-5-2-6-19-37)56-53(55-51)40-22-13-21-39(33-40)42-31-32-47-44-24-10-12-28-49(44)57(41-30-29-35-15-7-8-20-38(35)34-41)48-27-11-9-23-43(48)46-26-14-25-45(42)50(46)47/h1-34H. The fraction of sp³-hybridized carbons (Fsp3) is 0. The summed E-state index contributed by atoms with van der Waals surface area (Å²) < 4.78 is 0. The summed E-state index contributed by atoms with van der Waals surface area (Å²) in [5.41, 5.74) is 13.3. The third kappa shape index (κ3) is 5.66. The average Bonchev–Trinajstić information content (AvgIpc) is 3.29. The number of para-hydroxylation sites is 2. The van der Waals surface area contributed by atoms with Gasteiger partial charge in [0.1, 0.15) is 0 Å². The lowest BCUT2D eigenvalue weighted by molar-refractivity contribution is 1.07. The molecule has 4 nitrogen and oxygen atoms in total. The molecule has 10 aromatic rings. The smallest absolute Gasteiger partial charge is 0.164 e. The lowest BCUT2D eigenvalue weighted by Crippen LogP contribution is -2.13. The Morgan fingerprint density at radius 2 is 0.789 bits per heavy atom. The minimum absolute atomic E-state index is 0.636. The van der Waals surface area contributed by atoms with Gasteiger partial charge in [0.2, 0.25) is 0 Å². The molecule has 0 atom stereocenters. The van der Waals surface area contributed by atoms with Crippen molar-refractivity contribution in [3.05, 3.63) is 206 Å². The summed E-state index contributed by atoms with van der Waals surface area (Å²) in [5, 5.41) is 4.87. The summed E-state index contributed by atoms with van der Waals surface area (Å²) in [5.74, 6) is 1.93. The molecular weight excluding hydrogens is 693 g/mol. The third-order valence-corrected chi connectivity index (χ3v) is 11.0. The third-order valence-electron chi connectivity index (χ3n) is 11.0. The molecule has 9 aromatic carbocycles. The van der Waals surface area contributed by atoms with Gasteiger partial charge in [0, 0.05) is 33.5 Å². The first-order chi connectivity index (χ1) is 28.3. The molecule has 0 unspecified atom stereocenters. The van der Waals surface area contributed by atoms with E-state index >= 15 is 0 Å². The molecule has 0 saturated carbocycles. The first kappa shape index (κ1) is 32.7. The maximum atomic E-state index is 5.04. The van der Waals surface area contributed by atoms with E-state index in [0.29, 0.717) is 17.5 Å². The van der Waals surface area contributed by atoms with Gasteiger partial charge in [-0.1, -0.05) is 176 Å². The monoisotopic (exact) mass is 726 g/mol. The molecule has 1 aliphatic rings. The van der Waals surface area contributed by atoms with E-state index in [2.05, 4.69) is 150 Å². The molecule has 0 radical (unpaired) electrons. The summed E-state index contributed by atoms with van der Waals surface area (Å²) in [7, 11) is 0. The summed E-state index contributed by atoms with van der Waals surface area (Å²) >= 11 is 0. The van der Waals surface area contributed by atoms with Gasteiger partial charge >= 0.3 is 0 Å². The Morgan fingerprint density at radius 1 is 0.298 bits per heavy atom. The molecule has 0 saturated heterocycles. The Hall–Kier alpha value is -7.69. The zero-order chi connectivity index (χ0) is 37.7. The second-order valence-corrected chi connectivity index (χ2v) is 14.4. The van der Waals surface area contributed by atoms with Crippen LogP contribution in [-0.4, -0.2) is 15.0 Å². The van der Waals surface area contributed by atoms with Crippen molar-refractivity contribution in [2.24, 2.45) is 0 Å². The number of fused-ring (bicyclic) bond motifs is 5. The fourth-order valence-corrected chi connectivity index (χ4v) is 8.39. The van der Waals surface area contributed by atoms with E-state index in [1.54, 1.807) is 0 Å². The van der Waals surface area contributed by atoms with E-state index < -0.39 is 0 Å². The van der Waals surface area contributed by atoms with E-state index in [1.165, 1.54) is 43.8 Å². The zero-order valence-electron chi connectivity index (χ0n) is 30.9. The molecule has 1 aromatic heterocycles. The van der Waals surface area contributed by atoms with Crippen LogP contribution in [-0.2, 0) is 0 Å². The van der Waals surface area contributed by atoms with Crippen molar-refractivity contribution in [3.8, 4) is 67.5 Å². The van der Waals surface area contributed by atoms with Gasteiger partial charge in [0.15, 0.2) is 17.5 Å². The molecular formula is C53H34N4. The maximum Gasteiger partial charge on any atom is 0.164 e. The van der Waals surface area contributed by atoms with E-state index in [-0.39, 0.29) is 0 Å². The van der Waals surface area contributed by atoms with Crippen molar-refractivity contribution in [1.82, 2.24) is 15.0 Å². The van der Waals surface area contributed by atoms with E-state index in [1.807, 2.05) is 60.7 Å². The van der Waals surface area contributed by atoms with Crippen molar-refractivity contribution >= 4 is 38.6 Å². The van der Waals surface area contributed by atoms with Gasteiger partial charge in [-0.2, -0.15) is 0 Å². The van der Waals surface area contributed by atoms with Crippen LogP contribution in [0.1, 0.15) is 0 Å². The van der Waals surface area contributed by atoms with Crippen LogP contribution in [0.15, 0.2) is 206 Å². The van der Waals surface area contributed by atoms with Crippen LogP contribution in [0.25, 0.3) is 89.1 Å². The zero-order valence-corrected chi connectivity index (χ0v) is 30.9. The number of nitrogens with zero attached hydrogens (tertiary/aromatic N) is 4. The summed E-state index contributed by atoms with van der Waals surface area (Å²) in [6.07, 6.45) is 0.